The van der Waals surface area contributed by atoms with E-state index in [1.165, 1.54) is 0 Å². The highest BCUT2D eigenvalue weighted by atomic mass is 31.1. The Bertz CT molecular complexity index is 143. The summed E-state index contributed by atoms with van der Waals surface area (Å²) < 4.78 is 8.70. The molecule has 0 rings (SSSR count). The fourth-order valence-electron chi connectivity index (χ4n) is 0. The first kappa shape index (κ1) is 13.3. The van der Waals surface area contributed by atoms with Gasteiger partial charge in [-0.3, -0.25) is 4.79 Å². The molecule has 11 heavy (non-hydrogen) atoms. The molecule has 0 atom stereocenters. The summed E-state index contributed by atoms with van der Waals surface area (Å²) in [5.41, 5.74) is -0.139. The van der Waals surface area contributed by atoms with Crippen molar-refractivity contribution in [2.24, 2.45) is 5.41 Å². The van der Waals surface area contributed by atoms with Crippen molar-refractivity contribution >= 4 is 14.0 Å². The normalized spacial score (nSPS) is 9.64. The van der Waals surface area contributed by atoms with E-state index in [1.807, 2.05) is 20.8 Å². The van der Waals surface area contributed by atoms with Crippen molar-refractivity contribution in [2.45, 2.75) is 27.7 Å². The number of carbonyl (C=O) groups excluding carboxylic acids is 1. The van der Waals surface area contributed by atoms with Crippen molar-refractivity contribution in [1.29, 1.82) is 0 Å². The van der Waals surface area contributed by atoms with Crippen LogP contribution >= 0.6 is 8.25 Å². The van der Waals surface area contributed by atoms with E-state index < -0.39 is 8.25 Å². The lowest BCUT2D eigenvalue weighted by Crippen LogP contribution is -2.15. The first-order chi connectivity index (χ1) is 4.68. The first-order valence-electron chi connectivity index (χ1n) is 3.04. The SMILES string of the molecule is CC(=O)C(C)(C)C.O=[P+](O)O. The Morgan fingerprint density at radius 2 is 1.36 bits per heavy atom. The van der Waals surface area contributed by atoms with Gasteiger partial charge in [0.1, 0.15) is 5.78 Å². The van der Waals surface area contributed by atoms with Crippen LogP contribution in [0.2, 0.25) is 0 Å². The Hall–Kier alpha value is -0.310. The topological polar surface area (TPSA) is 74.6 Å². The lowest BCUT2D eigenvalue weighted by Gasteiger charge is -2.11. The summed E-state index contributed by atoms with van der Waals surface area (Å²) in [7, 11) is -2.87. The monoisotopic (exact) mass is 181 g/mol. The molecule has 4 nitrogen and oxygen atoms in total. The van der Waals surface area contributed by atoms with E-state index >= 15 is 0 Å². The number of ketones is 1. The molecule has 5 heteroatoms. The second-order valence-electron chi connectivity index (χ2n) is 3.06. The summed E-state index contributed by atoms with van der Waals surface area (Å²) in [5.74, 6) is 0.243. The van der Waals surface area contributed by atoms with Gasteiger partial charge in [0, 0.05) is 9.98 Å². The Labute approximate surface area is 67.2 Å². The summed E-state index contributed by atoms with van der Waals surface area (Å²) in [5, 5.41) is 0. The van der Waals surface area contributed by atoms with Crippen LogP contribution in [0, 0.1) is 5.41 Å². The Balaban J connectivity index is 0. The molecule has 0 aliphatic carbocycles. The van der Waals surface area contributed by atoms with Gasteiger partial charge in [0.05, 0.1) is 0 Å². The molecule has 0 aliphatic rings. The van der Waals surface area contributed by atoms with Gasteiger partial charge >= 0.3 is 8.25 Å². The maximum atomic E-state index is 10.5. The molecule has 0 aliphatic heterocycles. The zero-order valence-corrected chi connectivity index (χ0v) is 8.05. The molecule has 66 valence electrons. The zero-order valence-electron chi connectivity index (χ0n) is 7.16. The van der Waals surface area contributed by atoms with Crippen LogP contribution in [0.15, 0.2) is 0 Å². The molecule has 0 aromatic carbocycles. The highest BCUT2D eigenvalue weighted by Crippen LogP contribution is 2.12. The zero-order chi connectivity index (χ0) is 9.65. The molecule has 0 amide bonds. The van der Waals surface area contributed by atoms with E-state index in [0.29, 0.717) is 0 Å². The molecule has 0 heterocycles. The lowest BCUT2D eigenvalue weighted by molar-refractivity contribution is -0.124. The van der Waals surface area contributed by atoms with Gasteiger partial charge in [-0.15, -0.1) is 9.79 Å². The average molecular weight is 181 g/mol. The summed E-state index contributed by atoms with van der Waals surface area (Å²) in [6, 6.07) is 0. The minimum Gasteiger partial charge on any atom is -0.299 e. The summed E-state index contributed by atoms with van der Waals surface area (Å²) in [6.45, 7) is 7.35. The van der Waals surface area contributed by atoms with Gasteiger partial charge in [-0.25, -0.2) is 0 Å². The van der Waals surface area contributed by atoms with E-state index in [1.54, 1.807) is 6.92 Å². The predicted octanol–water partition coefficient (Wildman–Crippen LogP) is 1.25. The van der Waals surface area contributed by atoms with E-state index in [0.717, 1.165) is 0 Å². The largest absolute Gasteiger partial charge is 0.692 e. The second kappa shape index (κ2) is 5.35. The molecular weight excluding hydrogens is 167 g/mol. The third-order valence-electron chi connectivity index (χ3n) is 1.06. The molecule has 0 saturated carbocycles. The van der Waals surface area contributed by atoms with Gasteiger partial charge in [-0.2, -0.15) is 0 Å². The van der Waals surface area contributed by atoms with Crippen LogP contribution in [-0.2, 0) is 9.36 Å². The molecule has 0 radical (unpaired) electrons. The van der Waals surface area contributed by atoms with Gasteiger partial charge < -0.3 is 0 Å². The fourth-order valence-corrected chi connectivity index (χ4v) is 0. The van der Waals surface area contributed by atoms with Crippen molar-refractivity contribution < 1.29 is 19.1 Å². The second-order valence-corrected chi connectivity index (χ2v) is 3.56. The van der Waals surface area contributed by atoms with Crippen LogP contribution in [0.1, 0.15) is 27.7 Å². The average Bonchev–Trinajstić information content (AvgIpc) is 1.59. The minimum atomic E-state index is -2.87. The van der Waals surface area contributed by atoms with E-state index in [4.69, 9.17) is 14.4 Å². The van der Waals surface area contributed by atoms with E-state index in [-0.39, 0.29) is 11.2 Å². The number of hydrogen-bond acceptors (Lipinski definition) is 2. The summed E-state index contributed by atoms with van der Waals surface area (Å²) in [6.07, 6.45) is 0. The van der Waals surface area contributed by atoms with Crippen molar-refractivity contribution in [2.75, 3.05) is 0 Å². The molecular formula is C6H14O4P+. The van der Waals surface area contributed by atoms with Crippen molar-refractivity contribution in [3.63, 3.8) is 0 Å². The third-order valence-corrected chi connectivity index (χ3v) is 1.06. The number of hydrogen-bond donors (Lipinski definition) is 2. The summed E-state index contributed by atoms with van der Waals surface area (Å²) >= 11 is 0. The van der Waals surface area contributed by atoms with E-state index in [9.17, 15) is 4.79 Å². The highest BCUT2D eigenvalue weighted by Gasteiger charge is 2.14. The smallest absolute Gasteiger partial charge is 0.299 e. The minimum absolute atomic E-state index is 0.139. The van der Waals surface area contributed by atoms with Crippen molar-refractivity contribution in [3.05, 3.63) is 0 Å². The Morgan fingerprint density at radius 3 is 1.36 bits per heavy atom. The maximum Gasteiger partial charge on any atom is 0.692 e. The molecule has 2 N–H and O–H groups in total. The van der Waals surface area contributed by atoms with Gasteiger partial charge in [0.2, 0.25) is 0 Å². The molecule has 0 aromatic heterocycles. The molecule has 0 saturated heterocycles. The van der Waals surface area contributed by atoms with Crippen LogP contribution in [0.3, 0.4) is 0 Å². The molecule has 0 spiro atoms. The van der Waals surface area contributed by atoms with Gasteiger partial charge in [-0.05, 0) is 6.92 Å². The van der Waals surface area contributed by atoms with Crippen molar-refractivity contribution in [1.82, 2.24) is 0 Å². The van der Waals surface area contributed by atoms with Crippen LogP contribution in [0.5, 0.6) is 0 Å². The Morgan fingerprint density at radius 1 is 1.27 bits per heavy atom. The molecule has 0 aromatic rings. The molecule has 0 fully saturated rings. The quantitative estimate of drug-likeness (QED) is 0.551. The molecule has 0 bridgehead atoms. The van der Waals surface area contributed by atoms with E-state index in [2.05, 4.69) is 0 Å². The predicted molar refractivity (Wildman–Crippen MR) is 42.2 cm³/mol. The van der Waals surface area contributed by atoms with Crippen LogP contribution in [0.25, 0.3) is 0 Å². The lowest BCUT2D eigenvalue weighted by atomic mass is 9.92. The van der Waals surface area contributed by atoms with Gasteiger partial charge in [0.25, 0.3) is 0 Å². The highest BCUT2D eigenvalue weighted by molar-refractivity contribution is 7.30. The standard InChI is InChI=1S/C6H12O.HO3P/c1-5(7)6(2,3)4;1-4(2)3/h1-4H3;(H-,1,2,3)/p+1. The van der Waals surface area contributed by atoms with Crippen LogP contribution in [0.4, 0.5) is 0 Å². The Kier molecular flexibility index (Phi) is 6.47. The maximum absolute atomic E-state index is 10.5. The van der Waals surface area contributed by atoms with Gasteiger partial charge in [-0.1, -0.05) is 20.8 Å². The fraction of sp³-hybridized carbons (Fsp3) is 0.833. The van der Waals surface area contributed by atoms with Crippen molar-refractivity contribution in [3.8, 4) is 0 Å². The summed E-state index contributed by atoms with van der Waals surface area (Å²) in [4.78, 5) is 24.7. The first-order valence-corrected chi connectivity index (χ1v) is 4.20. The number of Topliss-reactive ketones (excluding diaryl/α,β-unsaturated/α-hetero) is 1. The van der Waals surface area contributed by atoms with Crippen LogP contribution < -0.4 is 0 Å². The van der Waals surface area contributed by atoms with Crippen LogP contribution in [-0.4, -0.2) is 15.6 Å². The third kappa shape index (κ3) is 17.7. The molecule has 0 unspecified atom stereocenters. The number of carbonyl (C=O) groups is 1. The van der Waals surface area contributed by atoms with Gasteiger partial charge in [0.15, 0.2) is 0 Å². The number of rotatable bonds is 0.